The third kappa shape index (κ3) is 2.92. The molecule has 1 aliphatic rings. The van der Waals surface area contributed by atoms with Crippen molar-refractivity contribution in [2.75, 3.05) is 0 Å². The van der Waals surface area contributed by atoms with Gasteiger partial charge in [0.15, 0.2) is 0 Å². The number of nitrogens with zero attached hydrogens (tertiary/aromatic N) is 1. The molecule has 1 atom stereocenters. The number of benzene rings is 1. The molecule has 1 unspecified atom stereocenters. The summed E-state index contributed by atoms with van der Waals surface area (Å²) >= 11 is 0. The normalized spacial score (nSPS) is 16.0. The largest absolute Gasteiger partial charge is 0.275 e. The van der Waals surface area contributed by atoms with Gasteiger partial charge in [-0.05, 0) is 25.5 Å². The van der Waals surface area contributed by atoms with Crippen molar-refractivity contribution >= 4 is 21.8 Å². The summed E-state index contributed by atoms with van der Waals surface area (Å²) in [5, 5.41) is -0.744. The Morgan fingerprint density at radius 2 is 1.55 bits per heavy atom. The van der Waals surface area contributed by atoms with Gasteiger partial charge >= 0.3 is 0 Å². The summed E-state index contributed by atoms with van der Waals surface area (Å²) in [5.74, 6) is -1.47. The maximum Gasteiger partial charge on any atom is 0.275 e. The van der Waals surface area contributed by atoms with Gasteiger partial charge in [-0.25, -0.2) is 8.42 Å². The van der Waals surface area contributed by atoms with Gasteiger partial charge in [0.05, 0.1) is 16.4 Å². The van der Waals surface area contributed by atoms with E-state index >= 15 is 0 Å². The van der Waals surface area contributed by atoms with E-state index in [1.54, 1.807) is 19.1 Å². The Balaban J connectivity index is 2.17. The number of carbonyl (C=O) groups is 2. The second-order valence-electron chi connectivity index (χ2n) is 5.63. The molecule has 0 saturated carbocycles. The first-order valence-electron chi connectivity index (χ1n) is 7.63. The zero-order chi connectivity index (χ0) is 16.3. The van der Waals surface area contributed by atoms with E-state index in [2.05, 4.69) is 6.92 Å². The molecule has 0 bridgehead atoms. The van der Waals surface area contributed by atoms with Crippen molar-refractivity contribution in [1.82, 2.24) is 4.31 Å². The topological polar surface area (TPSA) is 71.5 Å². The van der Waals surface area contributed by atoms with Crippen molar-refractivity contribution in [3.8, 4) is 0 Å². The van der Waals surface area contributed by atoms with Crippen LogP contribution in [0.15, 0.2) is 24.3 Å². The molecule has 0 aliphatic carbocycles. The summed E-state index contributed by atoms with van der Waals surface area (Å²) in [6.45, 7) is 3.64. The Hall–Kier alpha value is -1.69. The molecule has 2 rings (SSSR count). The number of carbonyl (C=O) groups excluding carboxylic acids is 2. The monoisotopic (exact) mass is 323 g/mol. The van der Waals surface area contributed by atoms with E-state index in [1.807, 2.05) is 0 Å². The van der Waals surface area contributed by atoms with Crippen LogP contribution in [0.2, 0.25) is 0 Å². The molecule has 1 aromatic rings. The Labute approximate surface area is 131 Å². The Kier molecular flexibility index (Phi) is 5.01. The Morgan fingerprint density at radius 1 is 1.00 bits per heavy atom. The highest BCUT2D eigenvalue weighted by molar-refractivity contribution is 7.90. The number of rotatable bonds is 7. The van der Waals surface area contributed by atoms with Crippen molar-refractivity contribution in [3.63, 3.8) is 0 Å². The fraction of sp³-hybridized carbons (Fsp3) is 0.500. The van der Waals surface area contributed by atoms with Crippen LogP contribution in [0, 0.1) is 0 Å². The molecule has 0 radical (unpaired) electrons. The molecule has 1 heterocycles. The molecule has 2 amide bonds. The van der Waals surface area contributed by atoms with Crippen molar-refractivity contribution in [2.24, 2.45) is 0 Å². The van der Waals surface area contributed by atoms with Crippen LogP contribution in [0.3, 0.4) is 0 Å². The second kappa shape index (κ2) is 6.60. The average Bonchev–Trinajstić information content (AvgIpc) is 2.76. The Bertz CT molecular complexity index is 646. The summed E-state index contributed by atoms with van der Waals surface area (Å²) in [6, 6.07) is 6.20. The van der Waals surface area contributed by atoms with E-state index in [9.17, 15) is 18.0 Å². The highest BCUT2D eigenvalue weighted by Crippen LogP contribution is 2.28. The molecule has 1 aliphatic heterocycles. The van der Waals surface area contributed by atoms with Gasteiger partial charge in [0.1, 0.15) is 0 Å². The zero-order valence-corrected chi connectivity index (χ0v) is 13.7. The van der Waals surface area contributed by atoms with Gasteiger partial charge in [0, 0.05) is 0 Å². The standard InChI is InChI=1S/C16H21NO4S/c1-3-4-5-6-9-12(2)22(20,21)17-15(18)13-10-7-8-11-14(13)16(17)19/h7-8,10-12H,3-6,9H2,1-2H3. The first-order chi connectivity index (χ1) is 10.4. The quantitative estimate of drug-likeness (QED) is 0.571. The van der Waals surface area contributed by atoms with Crippen LogP contribution in [0.4, 0.5) is 0 Å². The van der Waals surface area contributed by atoms with E-state index in [-0.39, 0.29) is 11.1 Å². The summed E-state index contributed by atoms with van der Waals surface area (Å²) < 4.78 is 25.6. The van der Waals surface area contributed by atoms with Crippen LogP contribution in [0.5, 0.6) is 0 Å². The summed E-state index contributed by atoms with van der Waals surface area (Å²) in [7, 11) is -3.96. The summed E-state index contributed by atoms with van der Waals surface area (Å²) in [4.78, 5) is 24.5. The molecule has 0 N–H and O–H groups in total. The van der Waals surface area contributed by atoms with Gasteiger partial charge < -0.3 is 0 Å². The zero-order valence-electron chi connectivity index (χ0n) is 12.9. The van der Waals surface area contributed by atoms with E-state index in [4.69, 9.17) is 0 Å². The molecular formula is C16H21NO4S. The number of hydrogen-bond acceptors (Lipinski definition) is 4. The number of fused-ring (bicyclic) bond motifs is 1. The van der Waals surface area contributed by atoms with Gasteiger partial charge in [-0.15, -0.1) is 0 Å². The molecular weight excluding hydrogens is 302 g/mol. The maximum absolute atomic E-state index is 12.6. The van der Waals surface area contributed by atoms with Crippen LogP contribution < -0.4 is 0 Å². The van der Waals surface area contributed by atoms with Gasteiger partial charge in [-0.2, -0.15) is 4.31 Å². The van der Waals surface area contributed by atoms with Gasteiger partial charge in [0.25, 0.3) is 11.8 Å². The first-order valence-corrected chi connectivity index (χ1v) is 9.13. The fourth-order valence-corrected chi connectivity index (χ4v) is 4.07. The van der Waals surface area contributed by atoms with Crippen molar-refractivity contribution in [1.29, 1.82) is 0 Å². The third-order valence-electron chi connectivity index (χ3n) is 3.98. The lowest BCUT2D eigenvalue weighted by molar-refractivity contribution is 0.0764. The molecule has 0 spiro atoms. The lowest BCUT2D eigenvalue weighted by Gasteiger charge is -2.19. The van der Waals surface area contributed by atoms with Crippen molar-refractivity contribution < 1.29 is 18.0 Å². The molecule has 0 fully saturated rings. The highest BCUT2D eigenvalue weighted by Gasteiger charge is 2.44. The minimum absolute atomic E-state index is 0.161. The Morgan fingerprint density at radius 3 is 2.05 bits per heavy atom. The number of unbranched alkanes of at least 4 members (excludes halogenated alkanes) is 3. The minimum Gasteiger partial charge on any atom is -0.267 e. The highest BCUT2D eigenvalue weighted by atomic mass is 32.2. The molecule has 0 aromatic heterocycles. The van der Waals surface area contributed by atoms with Gasteiger partial charge in [0.2, 0.25) is 10.0 Å². The fourth-order valence-electron chi connectivity index (χ4n) is 2.59. The predicted octanol–water partition coefficient (Wildman–Crippen LogP) is 2.97. The van der Waals surface area contributed by atoms with Gasteiger partial charge in [-0.3, -0.25) is 9.59 Å². The smallest absolute Gasteiger partial charge is 0.267 e. The third-order valence-corrected chi connectivity index (χ3v) is 6.08. The summed E-state index contributed by atoms with van der Waals surface area (Å²) in [5.41, 5.74) is 0.323. The van der Waals surface area contributed by atoms with Crippen LogP contribution in [-0.2, 0) is 10.0 Å². The second-order valence-corrected chi connectivity index (χ2v) is 7.83. The number of amides is 2. The SMILES string of the molecule is CCCCCCC(C)S(=O)(=O)N1C(=O)c2ccccc2C1=O. The molecule has 5 nitrogen and oxygen atoms in total. The van der Waals surface area contributed by atoms with E-state index in [0.717, 1.165) is 25.7 Å². The molecule has 0 saturated heterocycles. The average molecular weight is 323 g/mol. The molecule has 120 valence electrons. The number of hydrogen-bond donors (Lipinski definition) is 0. The summed E-state index contributed by atoms with van der Waals surface area (Å²) in [6.07, 6.45) is 4.31. The van der Waals surface area contributed by atoms with E-state index in [0.29, 0.717) is 10.7 Å². The van der Waals surface area contributed by atoms with Crippen LogP contribution >= 0.6 is 0 Å². The van der Waals surface area contributed by atoms with Gasteiger partial charge in [-0.1, -0.05) is 44.7 Å². The van der Waals surface area contributed by atoms with Crippen molar-refractivity contribution in [2.45, 2.75) is 51.2 Å². The van der Waals surface area contributed by atoms with E-state index < -0.39 is 27.1 Å². The molecule has 22 heavy (non-hydrogen) atoms. The lowest BCUT2D eigenvalue weighted by atomic mass is 10.1. The first kappa shape index (κ1) is 16.7. The maximum atomic E-state index is 12.6. The lowest BCUT2D eigenvalue weighted by Crippen LogP contribution is -2.41. The number of imide groups is 1. The van der Waals surface area contributed by atoms with Crippen LogP contribution in [0.25, 0.3) is 0 Å². The number of sulfonamides is 1. The van der Waals surface area contributed by atoms with Crippen LogP contribution in [0.1, 0.15) is 66.7 Å². The van der Waals surface area contributed by atoms with E-state index in [1.165, 1.54) is 12.1 Å². The molecule has 6 heteroatoms. The minimum atomic E-state index is -3.96. The molecule has 1 aromatic carbocycles. The van der Waals surface area contributed by atoms with Crippen molar-refractivity contribution in [3.05, 3.63) is 35.4 Å². The van der Waals surface area contributed by atoms with Crippen LogP contribution in [-0.4, -0.2) is 29.8 Å². The predicted molar refractivity (Wildman–Crippen MR) is 84.1 cm³/mol.